The third-order valence-corrected chi connectivity index (χ3v) is 4.11. The minimum atomic E-state index is -0.259. The maximum absolute atomic E-state index is 12.6. The van der Waals surface area contributed by atoms with Crippen molar-refractivity contribution < 1.29 is 4.79 Å². The van der Waals surface area contributed by atoms with Crippen molar-refractivity contribution in [3.05, 3.63) is 71.3 Å². The highest BCUT2D eigenvalue weighted by Crippen LogP contribution is 2.29. The summed E-state index contributed by atoms with van der Waals surface area (Å²) in [5, 5.41) is 4.69. The van der Waals surface area contributed by atoms with Gasteiger partial charge in [-0.25, -0.2) is 0 Å². The van der Waals surface area contributed by atoms with Crippen LogP contribution in [-0.4, -0.2) is 20.9 Å². The van der Waals surface area contributed by atoms with Crippen molar-refractivity contribution in [2.75, 3.05) is 5.32 Å². The lowest BCUT2D eigenvalue weighted by Gasteiger charge is -2.10. The lowest BCUT2D eigenvalue weighted by Crippen LogP contribution is -2.13. The zero-order valence-electron chi connectivity index (χ0n) is 12.5. The van der Waals surface area contributed by atoms with E-state index < -0.39 is 0 Å². The van der Waals surface area contributed by atoms with Gasteiger partial charge in [0.25, 0.3) is 5.91 Å². The third kappa shape index (κ3) is 2.43. The van der Waals surface area contributed by atoms with Gasteiger partial charge in [0.05, 0.1) is 22.3 Å². The van der Waals surface area contributed by atoms with Gasteiger partial charge in [0.15, 0.2) is 0 Å². The van der Waals surface area contributed by atoms with E-state index in [9.17, 15) is 4.79 Å². The summed E-state index contributed by atoms with van der Waals surface area (Å²) in [5.74, 6) is -0.259. The van der Waals surface area contributed by atoms with Crippen LogP contribution in [0.2, 0.25) is 0 Å². The lowest BCUT2D eigenvalue weighted by molar-refractivity contribution is 0.102. The number of carbonyl (C=O) groups excluding carboxylic acids is 1. The first-order chi connectivity index (χ1) is 11.7. The fourth-order valence-corrected chi connectivity index (χ4v) is 2.90. The van der Waals surface area contributed by atoms with Crippen LogP contribution in [0, 0.1) is 4.64 Å². The van der Waals surface area contributed by atoms with Crippen molar-refractivity contribution in [2.24, 2.45) is 0 Å². The molecule has 2 N–H and O–H groups in total. The van der Waals surface area contributed by atoms with Gasteiger partial charge >= 0.3 is 0 Å². The predicted octanol–water partition coefficient (Wildman–Crippen LogP) is 4.09. The maximum atomic E-state index is 12.6. The summed E-state index contributed by atoms with van der Waals surface area (Å²) in [4.78, 5) is 24.3. The molecule has 0 aliphatic carbocycles. The first-order valence-corrected chi connectivity index (χ1v) is 7.76. The van der Waals surface area contributed by atoms with E-state index in [2.05, 4.69) is 20.3 Å². The molecule has 3 aromatic heterocycles. The van der Waals surface area contributed by atoms with E-state index in [1.54, 1.807) is 30.7 Å². The minimum absolute atomic E-state index is 0.259. The Labute approximate surface area is 142 Å². The maximum Gasteiger partial charge on any atom is 0.258 e. The van der Waals surface area contributed by atoms with Gasteiger partial charge in [-0.2, -0.15) is 0 Å². The van der Waals surface area contributed by atoms with Gasteiger partial charge < -0.3 is 10.3 Å². The molecule has 1 amide bonds. The molecule has 0 aliphatic rings. The van der Waals surface area contributed by atoms with Gasteiger partial charge in [-0.3, -0.25) is 14.8 Å². The number of anilines is 1. The lowest BCUT2D eigenvalue weighted by atomic mass is 10.1. The molecule has 3 heterocycles. The molecule has 0 fully saturated rings. The van der Waals surface area contributed by atoms with Crippen LogP contribution < -0.4 is 5.32 Å². The van der Waals surface area contributed by atoms with Crippen molar-refractivity contribution in [3.8, 4) is 0 Å². The molecule has 6 heteroatoms. The van der Waals surface area contributed by atoms with Crippen LogP contribution in [0.1, 0.15) is 10.4 Å². The number of aromatic nitrogens is 3. The Morgan fingerprint density at radius 3 is 2.67 bits per heavy atom. The summed E-state index contributed by atoms with van der Waals surface area (Å²) in [7, 11) is 0. The molecule has 4 aromatic rings. The molecule has 0 saturated carbocycles. The van der Waals surface area contributed by atoms with Gasteiger partial charge in [0.2, 0.25) is 0 Å². The zero-order valence-corrected chi connectivity index (χ0v) is 13.3. The number of hydrogen-bond donors (Lipinski definition) is 2. The Morgan fingerprint density at radius 1 is 1.04 bits per heavy atom. The largest absolute Gasteiger partial charge is 0.352 e. The quantitative estimate of drug-likeness (QED) is 0.428. The molecule has 116 valence electrons. The molecule has 0 saturated heterocycles. The van der Waals surface area contributed by atoms with E-state index >= 15 is 0 Å². The molecular weight excluding hydrogens is 320 g/mol. The first kappa shape index (κ1) is 14.5. The summed E-state index contributed by atoms with van der Waals surface area (Å²) in [6, 6.07) is 12.9. The van der Waals surface area contributed by atoms with Crippen molar-refractivity contribution >= 4 is 45.6 Å². The second-order valence-corrected chi connectivity index (χ2v) is 5.67. The summed E-state index contributed by atoms with van der Waals surface area (Å²) >= 11 is 5.18. The predicted molar refractivity (Wildman–Crippen MR) is 96.6 cm³/mol. The monoisotopic (exact) mass is 332 g/mol. The molecule has 4 rings (SSSR count). The fraction of sp³-hybridized carbons (Fsp3) is 0. The average Bonchev–Trinajstić information content (AvgIpc) is 2.62. The summed E-state index contributed by atoms with van der Waals surface area (Å²) < 4.78 is 0.403. The Kier molecular flexibility index (Phi) is 3.51. The van der Waals surface area contributed by atoms with Gasteiger partial charge in [-0.15, -0.1) is 0 Å². The van der Waals surface area contributed by atoms with Crippen molar-refractivity contribution in [1.82, 2.24) is 15.0 Å². The Balaban J connectivity index is 1.88. The van der Waals surface area contributed by atoms with E-state index in [4.69, 9.17) is 12.2 Å². The molecule has 24 heavy (non-hydrogen) atoms. The van der Waals surface area contributed by atoms with Crippen LogP contribution in [0.15, 0.2) is 61.1 Å². The zero-order chi connectivity index (χ0) is 16.5. The Hall–Kier alpha value is -3.12. The SMILES string of the molecule is O=C(Nc1cc2cccnc2c2ncccc12)c1ccc[nH]c1=S. The number of pyridine rings is 3. The van der Waals surface area contributed by atoms with Crippen LogP contribution in [0.4, 0.5) is 5.69 Å². The molecule has 0 aliphatic heterocycles. The summed E-state index contributed by atoms with van der Waals surface area (Å²) in [6.45, 7) is 0. The van der Waals surface area contributed by atoms with Crippen molar-refractivity contribution in [1.29, 1.82) is 0 Å². The number of nitrogens with one attached hydrogen (secondary N) is 2. The number of nitrogens with zero attached hydrogens (tertiary/aromatic N) is 2. The van der Waals surface area contributed by atoms with Crippen LogP contribution in [-0.2, 0) is 0 Å². The summed E-state index contributed by atoms with van der Waals surface area (Å²) in [5.41, 5.74) is 2.67. The highest BCUT2D eigenvalue weighted by atomic mass is 32.1. The van der Waals surface area contributed by atoms with Gasteiger partial charge in [0, 0.05) is 29.4 Å². The molecule has 5 nitrogen and oxygen atoms in total. The average molecular weight is 332 g/mol. The first-order valence-electron chi connectivity index (χ1n) is 7.35. The van der Waals surface area contributed by atoms with E-state index in [-0.39, 0.29) is 5.91 Å². The van der Waals surface area contributed by atoms with Crippen molar-refractivity contribution in [3.63, 3.8) is 0 Å². The second-order valence-electron chi connectivity index (χ2n) is 5.27. The number of rotatable bonds is 2. The van der Waals surface area contributed by atoms with Crippen LogP contribution in [0.5, 0.6) is 0 Å². The normalized spacial score (nSPS) is 10.8. The standard InChI is InChI=1S/C18H12N4OS/c23-17(13-6-3-9-21-18(13)24)22-14-10-11-4-1-7-19-15(11)16-12(14)5-2-8-20-16/h1-10H,(H,21,24)(H,22,23). The number of benzene rings is 1. The van der Waals surface area contributed by atoms with E-state index in [0.29, 0.717) is 15.9 Å². The van der Waals surface area contributed by atoms with Crippen LogP contribution >= 0.6 is 12.2 Å². The van der Waals surface area contributed by atoms with Crippen LogP contribution in [0.25, 0.3) is 21.8 Å². The highest BCUT2D eigenvalue weighted by molar-refractivity contribution is 7.71. The molecule has 0 atom stereocenters. The Bertz CT molecular complexity index is 1140. The number of carbonyl (C=O) groups is 1. The highest BCUT2D eigenvalue weighted by Gasteiger charge is 2.13. The molecule has 0 spiro atoms. The molecule has 0 radical (unpaired) electrons. The van der Waals surface area contributed by atoms with E-state index in [0.717, 1.165) is 21.8 Å². The van der Waals surface area contributed by atoms with E-state index in [1.165, 1.54) is 0 Å². The van der Waals surface area contributed by atoms with Gasteiger partial charge in [-0.05, 0) is 36.4 Å². The van der Waals surface area contributed by atoms with Crippen LogP contribution in [0.3, 0.4) is 0 Å². The number of aromatic amines is 1. The minimum Gasteiger partial charge on any atom is -0.352 e. The summed E-state index contributed by atoms with van der Waals surface area (Å²) in [6.07, 6.45) is 5.15. The van der Waals surface area contributed by atoms with E-state index in [1.807, 2.05) is 30.3 Å². The van der Waals surface area contributed by atoms with Crippen molar-refractivity contribution in [2.45, 2.75) is 0 Å². The molecule has 1 aromatic carbocycles. The Morgan fingerprint density at radius 2 is 1.83 bits per heavy atom. The fourth-order valence-electron chi connectivity index (χ4n) is 2.67. The van der Waals surface area contributed by atoms with Gasteiger partial charge in [-0.1, -0.05) is 18.3 Å². The molecular formula is C18H12N4OS. The molecule has 0 bridgehead atoms. The second kappa shape index (κ2) is 5.82. The topological polar surface area (TPSA) is 70.7 Å². The third-order valence-electron chi connectivity index (χ3n) is 3.77. The molecule has 0 unspecified atom stereocenters. The number of amides is 1. The number of fused-ring (bicyclic) bond motifs is 3. The smallest absolute Gasteiger partial charge is 0.258 e. The number of hydrogen-bond acceptors (Lipinski definition) is 4. The number of H-pyrrole nitrogens is 1. The van der Waals surface area contributed by atoms with Gasteiger partial charge in [0.1, 0.15) is 4.64 Å².